The van der Waals surface area contributed by atoms with Gasteiger partial charge in [0.2, 0.25) is 0 Å². The minimum absolute atomic E-state index is 0.595. The van der Waals surface area contributed by atoms with E-state index in [2.05, 4.69) is 31.5 Å². The molecule has 5 heteroatoms. The van der Waals surface area contributed by atoms with Gasteiger partial charge in [-0.1, -0.05) is 0 Å². The van der Waals surface area contributed by atoms with Crippen LogP contribution in [-0.2, 0) is 0 Å². The lowest BCUT2D eigenvalue weighted by atomic mass is 10.5. The first-order valence-corrected chi connectivity index (χ1v) is 5.09. The van der Waals surface area contributed by atoms with Gasteiger partial charge in [-0.3, -0.25) is 0 Å². The Labute approximate surface area is 91.1 Å². The van der Waals surface area contributed by atoms with E-state index in [9.17, 15) is 0 Å². The van der Waals surface area contributed by atoms with Crippen LogP contribution < -0.4 is 10.6 Å². The summed E-state index contributed by atoms with van der Waals surface area (Å²) in [5.74, 6) is 0.745. The van der Waals surface area contributed by atoms with Gasteiger partial charge in [0, 0.05) is 17.2 Å². The molecule has 0 fully saturated rings. The predicted molar refractivity (Wildman–Crippen MR) is 61.8 cm³/mol. The average molecular weight is 260 g/mol. The summed E-state index contributed by atoms with van der Waals surface area (Å²) >= 11 is 8.30. The van der Waals surface area contributed by atoms with Crippen molar-refractivity contribution in [1.82, 2.24) is 10.3 Å². The molecule has 2 N–H and O–H groups in total. The van der Waals surface area contributed by atoms with E-state index in [1.807, 2.05) is 19.1 Å². The highest BCUT2D eigenvalue weighted by molar-refractivity contribution is 9.10. The number of halogens is 1. The summed E-state index contributed by atoms with van der Waals surface area (Å²) in [7, 11) is 0. The van der Waals surface area contributed by atoms with Crippen molar-refractivity contribution in [3.63, 3.8) is 0 Å². The van der Waals surface area contributed by atoms with E-state index in [-0.39, 0.29) is 0 Å². The normalized spacial score (nSPS) is 9.38. The van der Waals surface area contributed by atoms with Gasteiger partial charge < -0.3 is 10.6 Å². The van der Waals surface area contributed by atoms with Crippen LogP contribution in [0.25, 0.3) is 0 Å². The van der Waals surface area contributed by atoms with Crippen molar-refractivity contribution in [3.8, 4) is 0 Å². The second kappa shape index (κ2) is 5.14. The Bertz CT molecular complexity index is 286. The maximum absolute atomic E-state index is 4.99. The van der Waals surface area contributed by atoms with Crippen LogP contribution in [0, 0.1) is 0 Å². The zero-order valence-electron chi connectivity index (χ0n) is 7.17. The summed E-state index contributed by atoms with van der Waals surface area (Å²) in [6.45, 7) is 2.80. The number of nitrogens with zero attached hydrogens (tertiary/aromatic N) is 1. The van der Waals surface area contributed by atoms with Crippen LogP contribution in [0.2, 0.25) is 0 Å². The fourth-order valence-electron chi connectivity index (χ4n) is 0.771. The highest BCUT2D eigenvalue weighted by Gasteiger charge is 1.95. The molecular weight excluding hydrogens is 250 g/mol. The van der Waals surface area contributed by atoms with Gasteiger partial charge in [-0.05, 0) is 47.2 Å². The van der Waals surface area contributed by atoms with Gasteiger partial charge >= 0.3 is 0 Å². The summed E-state index contributed by atoms with van der Waals surface area (Å²) in [6.07, 6.45) is 1.72. The van der Waals surface area contributed by atoms with Crippen LogP contribution in [-0.4, -0.2) is 16.6 Å². The minimum Gasteiger partial charge on any atom is -0.363 e. The van der Waals surface area contributed by atoms with Crippen LogP contribution in [0.15, 0.2) is 22.8 Å². The van der Waals surface area contributed by atoms with Crippen molar-refractivity contribution < 1.29 is 0 Å². The zero-order valence-corrected chi connectivity index (χ0v) is 9.58. The standard InChI is InChI=1S/C8H10BrN3S/c1-2-10-8(13)12-7-4-3-6(9)5-11-7/h3-5H,2H2,1H3,(H2,10,11,12,13). The molecule has 0 saturated heterocycles. The molecule has 1 aromatic heterocycles. The summed E-state index contributed by atoms with van der Waals surface area (Å²) in [5, 5.41) is 6.53. The molecule has 0 unspecified atom stereocenters. The molecule has 0 atom stereocenters. The lowest BCUT2D eigenvalue weighted by Gasteiger charge is -2.07. The molecule has 0 aliphatic rings. The average Bonchev–Trinajstić information content (AvgIpc) is 2.09. The van der Waals surface area contributed by atoms with Gasteiger partial charge in [0.1, 0.15) is 5.82 Å². The topological polar surface area (TPSA) is 37.0 Å². The second-order valence-corrected chi connectivity index (χ2v) is 3.67. The smallest absolute Gasteiger partial charge is 0.171 e. The molecule has 70 valence electrons. The predicted octanol–water partition coefficient (Wildman–Crippen LogP) is 2.15. The number of nitrogens with one attached hydrogen (secondary N) is 2. The Kier molecular flexibility index (Phi) is 4.11. The van der Waals surface area contributed by atoms with E-state index in [4.69, 9.17) is 12.2 Å². The molecule has 0 radical (unpaired) electrons. The molecular formula is C8H10BrN3S. The van der Waals surface area contributed by atoms with E-state index in [1.165, 1.54) is 0 Å². The quantitative estimate of drug-likeness (QED) is 0.799. The molecule has 0 amide bonds. The van der Waals surface area contributed by atoms with Crippen molar-refractivity contribution >= 4 is 39.1 Å². The maximum Gasteiger partial charge on any atom is 0.171 e. The van der Waals surface area contributed by atoms with Crippen LogP contribution in [0.5, 0.6) is 0 Å². The van der Waals surface area contributed by atoms with E-state index < -0.39 is 0 Å². The molecule has 0 aliphatic carbocycles. The Morgan fingerprint density at radius 3 is 2.92 bits per heavy atom. The van der Waals surface area contributed by atoms with E-state index >= 15 is 0 Å². The Balaban J connectivity index is 2.54. The van der Waals surface area contributed by atoms with Gasteiger partial charge in [-0.2, -0.15) is 0 Å². The van der Waals surface area contributed by atoms with Crippen molar-refractivity contribution in [2.24, 2.45) is 0 Å². The van der Waals surface area contributed by atoms with Crippen LogP contribution in [0.3, 0.4) is 0 Å². The third kappa shape index (κ3) is 3.69. The SMILES string of the molecule is CCNC(=S)Nc1ccc(Br)cn1. The monoisotopic (exact) mass is 259 g/mol. The number of pyridine rings is 1. The number of hydrogen-bond acceptors (Lipinski definition) is 2. The van der Waals surface area contributed by atoms with Crippen molar-refractivity contribution in [3.05, 3.63) is 22.8 Å². The van der Waals surface area contributed by atoms with Crippen LogP contribution in [0.4, 0.5) is 5.82 Å². The number of hydrogen-bond donors (Lipinski definition) is 2. The molecule has 0 spiro atoms. The summed E-state index contributed by atoms with van der Waals surface area (Å²) in [4.78, 5) is 4.12. The van der Waals surface area contributed by atoms with Gasteiger partial charge in [0.15, 0.2) is 5.11 Å². The third-order valence-corrected chi connectivity index (χ3v) is 2.02. The summed E-state index contributed by atoms with van der Waals surface area (Å²) < 4.78 is 0.951. The van der Waals surface area contributed by atoms with Crippen LogP contribution in [0.1, 0.15) is 6.92 Å². The zero-order chi connectivity index (χ0) is 9.68. The molecule has 1 aromatic rings. The molecule has 0 aromatic carbocycles. The molecule has 13 heavy (non-hydrogen) atoms. The Morgan fingerprint density at radius 1 is 1.62 bits per heavy atom. The van der Waals surface area contributed by atoms with E-state index in [0.717, 1.165) is 16.8 Å². The van der Waals surface area contributed by atoms with Crippen LogP contribution >= 0.6 is 28.1 Å². The largest absolute Gasteiger partial charge is 0.363 e. The van der Waals surface area contributed by atoms with Crippen molar-refractivity contribution in [2.45, 2.75) is 6.92 Å². The fourth-order valence-corrected chi connectivity index (χ4v) is 1.25. The number of anilines is 1. The molecule has 1 rings (SSSR count). The second-order valence-electron chi connectivity index (χ2n) is 2.35. The van der Waals surface area contributed by atoms with Gasteiger partial charge in [0.25, 0.3) is 0 Å². The third-order valence-electron chi connectivity index (χ3n) is 1.31. The first-order chi connectivity index (χ1) is 6.22. The van der Waals surface area contributed by atoms with Crippen molar-refractivity contribution in [2.75, 3.05) is 11.9 Å². The fraction of sp³-hybridized carbons (Fsp3) is 0.250. The van der Waals surface area contributed by atoms with Gasteiger partial charge in [-0.25, -0.2) is 4.98 Å². The highest BCUT2D eigenvalue weighted by atomic mass is 79.9. The number of aromatic nitrogens is 1. The summed E-state index contributed by atoms with van der Waals surface area (Å²) in [5.41, 5.74) is 0. The first kappa shape index (κ1) is 10.4. The van der Waals surface area contributed by atoms with Gasteiger partial charge in [-0.15, -0.1) is 0 Å². The minimum atomic E-state index is 0.595. The summed E-state index contributed by atoms with van der Waals surface area (Å²) in [6, 6.07) is 3.76. The Morgan fingerprint density at radius 2 is 2.38 bits per heavy atom. The molecule has 0 aliphatic heterocycles. The molecule has 0 bridgehead atoms. The number of rotatable bonds is 2. The van der Waals surface area contributed by atoms with E-state index in [1.54, 1.807) is 6.20 Å². The number of thiocarbonyl (C=S) groups is 1. The molecule has 3 nitrogen and oxygen atoms in total. The Hall–Kier alpha value is -0.680. The lowest BCUT2D eigenvalue weighted by molar-refractivity contribution is 0.978. The van der Waals surface area contributed by atoms with Crippen molar-refractivity contribution in [1.29, 1.82) is 0 Å². The lowest BCUT2D eigenvalue weighted by Crippen LogP contribution is -2.28. The van der Waals surface area contributed by atoms with Gasteiger partial charge in [0.05, 0.1) is 0 Å². The molecule has 1 heterocycles. The molecule has 0 saturated carbocycles. The van der Waals surface area contributed by atoms with E-state index in [0.29, 0.717) is 5.11 Å². The highest BCUT2D eigenvalue weighted by Crippen LogP contribution is 2.09. The first-order valence-electron chi connectivity index (χ1n) is 3.88. The maximum atomic E-state index is 4.99.